The topological polar surface area (TPSA) is 39.1 Å². The second kappa shape index (κ2) is 2.47. The standard InChI is InChI=1S/C7H7NO2/c1-8-3-2-7(10)4-6(8)5-9/h2-5H,1H3. The zero-order valence-corrected chi connectivity index (χ0v) is 5.57. The molecule has 0 saturated carbocycles. The molecule has 0 bridgehead atoms. The molecule has 0 aliphatic carbocycles. The van der Waals surface area contributed by atoms with Crippen LogP contribution in [0.2, 0.25) is 0 Å². The largest absolute Gasteiger partial charge is 0.348 e. The van der Waals surface area contributed by atoms with Gasteiger partial charge in [-0.15, -0.1) is 0 Å². The Morgan fingerprint density at radius 2 is 2.30 bits per heavy atom. The number of carbonyl (C=O) groups is 1. The minimum absolute atomic E-state index is 0.139. The molecule has 0 radical (unpaired) electrons. The molecule has 0 fully saturated rings. The molecule has 10 heavy (non-hydrogen) atoms. The fourth-order valence-electron chi connectivity index (χ4n) is 0.684. The van der Waals surface area contributed by atoms with Crippen LogP contribution in [-0.2, 0) is 7.05 Å². The lowest BCUT2D eigenvalue weighted by molar-refractivity contribution is 0.111. The minimum Gasteiger partial charge on any atom is -0.348 e. The quantitative estimate of drug-likeness (QED) is 0.518. The second-order valence-corrected chi connectivity index (χ2v) is 2.02. The van der Waals surface area contributed by atoms with Gasteiger partial charge in [-0.05, 0) is 0 Å². The molecule has 0 aromatic carbocycles. The van der Waals surface area contributed by atoms with E-state index in [0.717, 1.165) is 0 Å². The normalized spacial score (nSPS) is 9.30. The molecule has 0 N–H and O–H groups in total. The van der Waals surface area contributed by atoms with Gasteiger partial charge in [0.2, 0.25) is 0 Å². The fourth-order valence-corrected chi connectivity index (χ4v) is 0.684. The maximum absolute atomic E-state index is 10.6. The number of aldehydes is 1. The third-order valence-electron chi connectivity index (χ3n) is 1.28. The van der Waals surface area contributed by atoms with Gasteiger partial charge >= 0.3 is 0 Å². The Labute approximate surface area is 57.9 Å². The predicted molar refractivity (Wildman–Crippen MR) is 37.1 cm³/mol. The summed E-state index contributed by atoms with van der Waals surface area (Å²) >= 11 is 0. The highest BCUT2D eigenvalue weighted by atomic mass is 16.1. The first-order valence-corrected chi connectivity index (χ1v) is 2.86. The molecule has 0 atom stereocenters. The van der Waals surface area contributed by atoms with Gasteiger partial charge in [0.05, 0.1) is 5.69 Å². The molecule has 3 nitrogen and oxygen atoms in total. The molecule has 3 heteroatoms. The average Bonchev–Trinajstić information content (AvgIpc) is 1.94. The van der Waals surface area contributed by atoms with Gasteiger partial charge < -0.3 is 4.57 Å². The van der Waals surface area contributed by atoms with E-state index in [9.17, 15) is 9.59 Å². The molecule has 52 valence electrons. The van der Waals surface area contributed by atoms with Gasteiger partial charge in [0.15, 0.2) is 11.7 Å². The van der Waals surface area contributed by atoms with E-state index in [-0.39, 0.29) is 5.43 Å². The predicted octanol–water partition coefficient (Wildman–Crippen LogP) is 0.198. The lowest BCUT2D eigenvalue weighted by Gasteiger charge is -1.97. The lowest BCUT2D eigenvalue weighted by Crippen LogP contribution is -2.06. The number of carbonyl (C=O) groups excluding carboxylic acids is 1. The highest BCUT2D eigenvalue weighted by Crippen LogP contribution is 1.86. The molecule has 0 saturated heterocycles. The summed E-state index contributed by atoms with van der Waals surface area (Å²) < 4.78 is 1.59. The molecule has 0 unspecified atom stereocenters. The Morgan fingerprint density at radius 1 is 1.60 bits per heavy atom. The summed E-state index contributed by atoms with van der Waals surface area (Å²) in [6, 6.07) is 2.71. The molecule has 1 aromatic heterocycles. The number of nitrogens with zero attached hydrogens (tertiary/aromatic N) is 1. The van der Waals surface area contributed by atoms with Crippen LogP contribution >= 0.6 is 0 Å². The Bertz CT molecular complexity index is 301. The van der Waals surface area contributed by atoms with E-state index in [1.807, 2.05) is 0 Å². The number of aryl methyl sites for hydroxylation is 1. The van der Waals surface area contributed by atoms with E-state index in [4.69, 9.17) is 0 Å². The highest BCUT2D eigenvalue weighted by Gasteiger charge is 1.92. The fraction of sp³-hybridized carbons (Fsp3) is 0.143. The van der Waals surface area contributed by atoms with Crippen molar-refractivity contribution in [2.24, 2.45) is 7.05 Å². The monoisotopic (exact) mass is 137 g/mol. The van der Waals surface area contributed by atoms with Crippen molar-refractivity contribution in [2.45, 2.75) is 0 Å². The van der Waals surface area contributed by atoms with Crippen LogP contribution < -0.4 is 5.43 Å². The molecule has 0 spiro atoms. The zero-order chi connectivity index (χ0) is 7.56. The first-order chi connectivity index (χ1) is 4.74. The third kappa shape index (κ3) is 1.13. The van der Waals surface area contributed by atoms with E-state index in [0.29, 0.717) is 12.0 Å². The first kappa shape index (κ1) is 6.74. The second-order valence-electron chi connectivity index (χ2n) is 2.02. The summed E-state index contributed by atoms with van der Waals surface area (Å²) in [6.07, 6.45) is 2.22. The van der Waals surface area contributed by atoms with Crippen LogP contribution in [0.4, 0.5) is 0 Å². The van der Waals surface area contributed by atoms with Gasteiger partial charge in [0.25, 0.3) is 0 Å². The van der Waals surface area contributed by atoms with Gasteiger partial charge in [-0.2, -0.15) is 0 Å². The Kier molecular flexibility index (Phi) is 1.67. The van der Waals surface area contributed by atoms with Crippen molar-refractivity contribution in [3.05, 3.63) is 34.2 Å². The Morgan fingerprint density at radius 3 is 2.80 bits per heavy atom. The number of pyridine rings is 1. The van der Waals surface area contributed by atoms with E-state index >= 15 is 0 Å². The highest BCUT2D eigenvalue weighted by molar-refractivity contribution is 5.71. The van der Waals surface area contributed by atoms with Gasteiger partial charge in [0.1, 0.15) is 0 Å². The molecule has 1 rings (SSSR count). The molecule has 1 aromatic rings. The zero-order valence-electron chi connectivity index (χ0n) is 5.57. The summed E-state index contributed by atoms with van der Waals surface area (Å²) in [6.45, 7) is 0. The summed E-state index contributed by atoms with van der Waals surface area (Å²) in [7, 11) is 1.71. The molecule has 1 heterocycles. The Balaban J connectivity index is 3.35. The van der Waals surface area contributed by atoms with E-state index in [2.05, 4.69) is 0 Å². The number of rotatable bonds is 1. The molecule has 0 amide bonds. The van der Waals surface area contributed by atoms with Gasteiger partial charge in [-0.3, -0.25) is 9.59 Å². The van der Waals surface area contributed by atoms with Gasteiger partial charge in [0, 0.05) is 25.4 Å². The maximum Gasteiger partial charge on any atom is 0.182 e. The van der Waals surface area contributed by atoms with Crippen LogP contribution in [0.5, 0.6) is 0 Å². The summed E-state index contributed by atoms with van der Waals surface area (Å²) in [5, 5.41) is 0. The average molecular weight is 137 g/mol. The van der Waals surface area contributed by atoms with E-state index < -0.39 is 0 Å². The summed E-state index contributed by atoms with van der Waals surface area (Å²) in [4.78, 5) is 20.8. The van der Waals surface area contributed by atoms with Crippen LogP contribution in [0.1, 0.15) is 10.5 Å². The third-order valence-corrected chi connectivity index (χ3v) is 1.28. The van der Waals surface area contributed by atoms with Crippen molar-refractivity contribution in [1.82, 2.24) is 4.57 Å². The molecule has 0 aliphatic heterocycles. The molecular weight excluding hydrogens is 130 g/mol. The van der Waals surface area contributed by atoms with Crippen molar-refractivity contribution < 1.29 is 4.79 Å². The molecule has 0 aliphatic rings. The van der Waals surface area contributed by atoms with Crippen LogP contribution in [0.15, 0.2) is 23.1 Å². The first-order valence-electron chi connectivity index (χ1n) is 2.86. The molecular formula is C7H7NO2. The number of hydrogen-bond donors (Lipinski definition) is 0. The van der Waals surface area contributed by atoms with Crippen LogP contribution in [0.3, 0.4) is 0 Å². The maximum atomic E-state index is 10.6. The smallest absolute Gasteiger partial charge is 0.182 e. The lowest BCUT2D eigenvalue weighted by atomic mass is 10.3. The Hall–Kier alpha value is -1.38. The summed E-state index contributed by atoms with van der Waals surface area (Å²) in [5.74, 6) is 0. The van der Waals surface area contributed by atoms with Gasteiger partial charge in [-0.1, -0.05) is 0 Å². The van der Waals surface area contributed by atoms with E-state index in [1.165, 1.54) is 12.1 Å². The number of aromatic nitrogens is 1. The SMILES string of the molecule is Cn1ccc(=O)cc1C=O. The minimum atomic E-state index is -0.139. The van der Waals surface area contributed by atoms with Crippen molar-refractivity contribution in [3.8, 4) is 0 Å². The van der Waals surface area contributed by atoms with Crippen molar-refractivity contribution >= 4 is 6.29 Å². The van der Waals surface area contributed by atoms with Gasteiger partial charge in [-0.25, -0.2) is 0 Å². The van der Waals surface area contributed by atoms with Crippen LogP contribution in [0.25, 0.3) is 0 Å². The van der Waals surface area contributed by atoms with Crippen LogP contribution in [-0.4, -0.2) is 10.9 Å². The van der Waals surface area contributed by atoms with E-state index in [1.54, 1.807) is 17.8 Å². The van der Waals surface area contributed by atoms with Crippen molar-refractivity contribution in [1.29, 1.82) is 0 Å². The van der Waals surface area contributed by atoms with Crippen LogP contribution in [0, 0.1) is 0 Å². The van der Waals surface area contributed by atoms with Crippen molar-refractivity contribution in [2.75, 3.05) is 0 Å². The number of hydrogen-bond acceptors (Lipinski definition) is 2. The summed E-state index contributed by atoms with van der Waals surface area (Å²) in [5.41, 5.74) is 0.257. The van der Waals surface area contributed by atoms with Crippen molar-refractivity contribution in [3.63, 3.8) is 0 Å².